The number of nitrogen functional groups attached to an aromatic ring is 1. The van der Waals surface area contributed by atoms with E-state index >= 15 is 0 Å². The molecule has 3 aromatic rings. The largest absolute Gasteiger partial charge is 0.467 e. The molecule has 0 radical (unpaired) electrons. The van der Waals surface area contributed by atoms with Crippen molar-refractivity contribution in [3.05, 3.63) is 59.2 Å². The summed E-state index contributed by atoms with van der Waals surface area (Å²) in [5.41, 5.74) is 8.76. The Morgan fingerprint density at radius 2 is 2.04 bits per heavy atom. The first-order chi connectivity index (χ1) is 12.9. The number of carbonyl (C=O) groups is 2. The number of furan rings is 1. The van der Waals surface area contributed by atoms with Crippen LogP contribution in [0.3, 0.4) is 0 Å². The number of benzene rings is 1. The summed E-state index contributed by atoms with van der Waals surface area (Å²) >= 11 is 0. The molecule has 4 N–H and O–H groups in total. The van der Waals surface area contributed by atoms with Crippen molar-refractivity contribution >= 4 is 23.3 Å². The van der Waals surface area contributed by atoms with E-state index in [-0.39, 0.29) is 30.5 Å². The molecular formula is C18H20N6O3. The first-order valence-electron chi connectivity index (χ1n) is 8.30. The second-order valence-corrected chi connectivity index (χ2v) is 6.09. The summed E-state index contributed by atoms with van der Waals surface area (Å²) in [4.78, 5) is 24.4. The Morgan fingerprint density at radius 3 is 2.74 bits per heavy atom. The fourth-order valence-corrected chi connectivity index (χ4v) is 2.42. The molecule has 3 rings (SSSR count). The highest BCUT2D eigenvalue weighted by Crippen LogP contribution is 2.14. The van der Waals surface area contributed by atoms with E-state index in [1.54, 1.807) is 12.1 Å². The quantitative estimate of drug-likeness (QED) is 0.607. The zero-order valence-corrected chi connectivity index (χ0v) is 15.0. The summed E-state index contributed by atoms with van der Waals surface area (Å²) in [7, 11) is 0. The van der Waals surface area contributed by atoms with Crippen LogP contribution in [0.5, 0.6) is 0 Å². The number of rotatable bonds is 6. The van der Waals surface area contributed by atoms with Crippen LogP contribution in [0.1, 0.15) is 27.4 Å². The third kappa shape index (κ3) is 4.32. The van der Waals surface area contributed by atoms with Crippen LogP contribution in [0.25, 0.3) is 0 Å². The normalized spacial score (nSPS) is 10.6. The van der Waals surface area contributed by atoms with E-state index in [0.717, 1.165) is 11.1 Å². The fraction of sp³-hybridized carbons (Fsp3) is 0.222. The molecule has 140 valence electrons. The molecule has 0 saturated carbocycles. The topological polar surface area (TPSA) is 128 Å². The fourth-order valence-electron chi connectivity index (χ4n) is 2.42. The van der Waals surface area contributed by atoms with Gasteiger partial charge >= 0.3 is 0 Å². The van der Waals surface area contributed by atoms with Gasteiger partial charge in [-0.25, -0.2) is 4.68 Å². The van der Waals surface area contributed by atoms with E-state index in [1.165, 1.54) is 10.9 Å². The minimum atomic E-state index is -0.496. The molecule has 0 fully saturated rings. The monoisotopic (exact) mass is 368 g/mol. The summed E-state index contributed by atoms with van der Waals surface area (Å²) in [5.74, 6) is -0.202. The van der Waals surface area contributed by atoms with Crippen LogP contribution in [-0.4, -0.2) is 26.8 Å². The van der Waals surface area contributed by atoms with Gasteiger partial charge in [0.1, 0.15) is 12.3 Å². The molecule has 27 heavy (non-hydrogen) atoms. The lowest BCUT2D eigenvalue weighted by Gasteiger charge is -2.08. The third-order valence-electron chi connectivity index (χ3n) is 4.08. The molecule has 0 spiro atoms. The van der Waals surface area contributed by atoms with Gasteiger partial charge in [-0.2, -0.15) is 0 Å². The van der Waals surface area contributed by atoms with Gasteiger partial charge in [-0.3, -0.25) is 9.59 Å². The first kappa shape index (κ1) is 18.2. The predicted molar refractivity (Wildman–Crippen MR) is 98.9 cm³/mol. The summed E-state index contributed by atoms with van der Waals surface area (Å²) in [6.07, 6.45) is 1.51. The average molecular weight is 368 g/mol. The molecule has 9 heteroatoms. The molecule has 0 bridgehead atoms. The summed E-state index contributed by atoms with van der Waals surface area (Å²) in [6, 6.07) is 9.08. The SMILES string of the molecule is Cc1ccc(NC(=O)Cn2nnc(C(=O)NCc3ccco3)c2N)cc1C. The number of hydrogen-bond donors (Lipinski definition) is 3. The first-order valence-corrected chi connectivity index (χ1v) is 8.30. The van der Waals surface area contributed by atoms with Crippen molar-refractivity contribution in [1.29, 1.82) is 0 Å². The van der Waals surface area contributed by atoms with Crippen LogP contribution >= 0.6 is 0 Å². The van der Waals surface area contributed by atoms with Crippen LogP contribution in [-0.2, 0) is 17.9 Å². The minimum Gasteiger partial charge on any atom is -0.467 e. The van der Waals surface area contributed by atoms with Crippen molar-refractivity contribution in [3.63, 3.8) is 0 Å². The number of aromatic nitrogens is 3. The van der Waals surface area contributed by atoms with E-state index in [9.17, 15) is 9.59 Å². The smallest absolute Gasteiger partial charge is 0.276 e. The Kier molecular flexibility index (Phi) is 5.20. The summed E-state index contributed by atoms with van der Waals surface area (Å²) < 4.78 is 6.32. The molecule has 0 aliphatic carbocycles. The predicted octanol–water partition coefficient (Wildman–Crippen LogP) is 1.64. The van der Waals surface area contributed by atoms with Crippen LogP contribution < -0.4 is 16.4 Å². The molecule has 2 heterocycles. The maximum atomic E-state index is 12.2. The van der Waals surface area contributed by atoms with Crippen LogP contribution in [0, 0.1) is 13.8 Å². The molecule has 0 atom stereocenters. The molecule has 9 nitrogen and oxygen atoms in total. The zero-order valence-electron chi connectivity index (χ0n) is 15.0. The van der Waals surface area contributed by atoms with Crippen molar-refractivity contribution in [2.24, 2.45) is 0 Å². The lowest BCUT2D eigenvalue weighted by molar-refractivity contribution is -0.116. The number of amides is 2. The summed E-state index contributed by atoms with van der Waals surface area (Å²) in [6.45, 7) is 4.01. The van der Waals surface area contributed by atoms with Gasteiger partial charge in [-0.05, 0) is 49.2 Å². The maximum absolute atomic E-state index is 12.2. The van der Waals surface area contributed by atoms with Crippen molar-refractivity contribution in [2.75, 3.05) is 11.1 Å². The van der Waals surface area contributed by atoms with Gasteiger partial charge in [0.05, 0.1) is 12.8 Å². The number of nitrogens with one attached hydrogen (secondary N) is 2. The standard InChI is InChI=1S/C18H20N6O3/c1-11-5-6-13(8-12(11)2)21-15(25)10-24-17(19)16(22-23-24)18(26)20-9-14-4-3-7-27-14/h3-8H,9-10,19H2,1-2H3,(H,20,26)(H,21,25). The lowest BCUT2D eigenvalue weighted by atomic mass is 10.1. The molecule has 2 aromatic heterocycles. The third-order valence-corrected chi connectivity index (χ3v) is 4.08. The Labute approximate surface area is 155 Å². The zero-order chi connectivity index (χ0) is 19.4. The number of nitrogens with two attached hydrogens (primary N) is 1. The van der Waals surface area contributed by atoms with Crippen molar-refractivity contribution in [1.82, 2.24) is 20.3 Å². The molecule has 1 aromatic carbocycles. The van der Waals surface area contributed by atoms with Gasteiger partial charge in [0.2, 0.25) is 5.91 Å². The van der Waals surface area contributed by atoms with E-state index in [4.69, 9.17) is 10.2 Å². The van der Waals surface area contributed by atoms with Gasteiger partial charge in [0, 0.05) is 5.69 Å². The van der Waals surface area contributed by atoms with Crippen molar-refractivity contribution in [2.45, 2.75) is 26.9 Å². The van der Waals surface area contributed by atoms with E-state index in [0.29, 0.717) is 11.4 Å². The Bertz CT molecular complexity index is 962. The van der Waals surface area contributed by atoms with E-state index in [1.807, 2.05) is 32.0 Å². The highest BCUT2D eigenvalue weighted by atomic mass is 16.3. The number of aryl methyl sites for hydroxylation is 2. The molecule has 0 aliphatic rings. The summed E-state index contributed by atoms with van der Waals surface area (Å²) in [5, 5.41) is 13.0. The molecule has 0 aliphatic heterocycles. The maximum Gasteiger partial charge on any atom is 0.276 e. The highest BCUT2D eigenvalue weighted by molar-refractivity contribution is 5.96. The minimum absolute atomic E-state index is 0.0159. The molecule has 0 saturated heterocycles. The number of hydrogen-bond acceptors (Lipinski definition) is 6. The van der Waals surface area contributed by atoms with E-state index in [2.05, 4.69) is 20.9 Å². The molecular weight excluding hydrogens is 348 g/mol. The van der Waals surface area contributed by atoms with Crippen LogP contribution in [0.15, 0.2) is 41.0 Å². The van der Waals surface area contributed by atoms with Gasteiger partial charge in [0.15, 0.2) is 11.5 Å². The highest BCUT2D eigenvalue weighted by Gasteiger charge is 2.19. The van der Waals surface area contributed by atoms with Gasteiger partial charge in [0.25, 0.3) is 5.91 Å². The van der Waals surface area contributed by atoms with Crippen molar-refractivity contribution in [3.8, 4) is 0 Å². The van der Waals surface area contributed by atoms with E-state index < -0.39 is 5.91 Å². The number of carbonyl (C=O) groups excluding carboxylic acids is 2. The Hall–Kier alpha value is -3.62. The van der Waals surface area contributed by atoms with Crippen LogP contribution in [0.2, 0.25) is 0 Å². The molecule has 0 unspecified atom stereocenters. The second kappa shape index (κ2) is 7.73. The number of nitrogens with zero attached hydrogens (tertiary/aromatic N) is 3. The van der Waals surface area contributed by atoms with Crippen molar-refractivity contribution < 1.29 is 14.0 Å². The average Bonchev–Trinajstić information content (AvgIpc) is 3.27. The Balaban J connectivity index is 1.61. The van der Waals surface area contributed by atoms with Crippen LogP contribution in [0.4, 0.5) is 11.5 Å². The van der Waals surface area contributed by atoms with Gasteiger partial charge < -0.3 is 20.8 Å². The second-order valence-electron chi connectivity index (χ2n) is 6.09. The Morgan fingerprint density at radius 1 is 1.22 bits per heavy atom. The number of anilines is 2. The van der Waals surface area contributed by atoms with Gasteiger partial charge in [-0.1, -0.05) is 11.3 Å². The van der Waals surface area contributed by atoms with Gasteiger partial charge in [-0.15, -0.1) is 5.10 Å². The lowest BCUT2D eigenvalue weighted by Crippen LogP contribution is -2.25. The molecule has 2 amide bonds.